The number of hydrogen-bond acceptors (Lipinski definition) is 2. The molecule has 13 heavy (non-hydrogen) atoms. The fraction of sp³-hybridized carbons (Fsp3) is 0.778. The molecule has 1 unspecified atom stereocenters. The monoisotopic (exact) mass is 181 g/mol. The second kappa shape index (κ2) is 4.13. The fourth-order valence-electron chi connectivity index (χ4n) is 1.58. The number of carbonyl (C=O) groups is 1. The summed E-state index contributed by atoms with van der Waals surface area (Å²) in [5, 5.41) is 11.3. The van der Waals surface area contributed by atoms with Crippen molar-refractivity contribution in [2.24, 2.45) is 5.92 Å². The fourth-order valence-corrected chi connectivity index (χ4v) is 1.58. The Bertz CT molecular complexity index is 232. The molecule has 0 aromatic rings. The Morgan fingerprint density at radius 1 is 1.77 bits per heavy atom. The molecule has 1 heterocycles. The van der Waals surface area contributed by atoms with Gasteiger partial charge >= 0.3 is 6.03 Å². The molecule has 1 rings (SSSR count). The third-order valence-corrected chi connectivity index (χ3v) is 2.07. The highest BCUT2D eigenvalue weighted by Crippen LogP contribution is 2.11. The Morgan fingerprint density at radius 2 is 2.46 bits per heavy atom. The van der Waals surface area contributed by atoms with Gasteiger partial charge in [0.25, 0.3) is 0 Å². The van der Waals surface area contributed by atoms with Gasteiger partial charge in [0, 0.05) is 12.6 Å². The van der Waals surface area contributed by atoms with Gasteiger partial charge in [-0.25, -0.2) is 4.79 Å². The van der Waals surface area contributed by atoms with E-state index in [-0.39, 0.29) is 18.6 Å². The molecular weight excluding hydrogens is 166 g/mol. The van der Waals surface area contributed by atoms with Crippen molar-refractivity contribution < 1.29 is 4.79 Å². The van der Waals surface area contributed by atoms with Crippen molar-refractivity contribution in [3.63, 3.8) is 0 Å². The molecule has 1 fully saturated rings. The maximum absolute atomic E-state index is 11.2. The van der Waals surface area contributed by atoms with Crippen LogP contribution in [-0.2, 0) is 0 Å². The van der Waals surface area contributed by atoms with E-state index in [1.54, 1.807) is 4.90 Å². The molecular formula is C9H15N3O. The smallest absolute Gasteiger partial charge is 0.318 e. The van der Waals surface area contributed by atoms with Crippen LogP contribution in [-0.4, -0.2) is 30.1 Å². The van der Waals surface area contributed by atoms with Crippen LogP contribution in [0.5, 0.6) is 0 Å². The summed E-state index contributed by atoms with van der Waals surface area (Å²) in [4.78, 5) is 12.8. The van der Waals surface area contributed by atoms with Gasteiger partial charge in [0.05, 0.1) is 6.07 Å². The van der Waals surface area contributed by atoms with Crippen LogP contribution in [0.4, 0.5) is 4.79 Å². The highest BCUT2D eigenvalue weighted by Gasteiger charge is 2.28. The van der Waals surface area contributed by atoms with Crippen molar-refractivity contribution in [2.75, 3.05) is 13.1 Å². The van der Waals surface area contributed by atoms with Crippen LogP contribution in [0, 0.1) is 17.2 Å². The summed E-state index contributed by atoms with van der Waals surface area (Å²) in [5.41, 5.74) is 0. The number of nitrogens with zero attached hydrogens (tertiary/aromatic N) is 2. The van der Waals surface area contributed by atoms with E-state index in [1.807, 2.05) is 6.07 Å². The Labute approximate surface area is 78.5 Å². The predicted octanol–water partition coefficient (Wildman–Crippen LogP) is 0.950. The van der Waals surface area contributed by atoms with Gasteiger partial charge in [-0.1, -0.05) is 13.8 Å². The number of urea groups is 1. The minimum atomic E-state index is -0.104. The first kappa shape index (κ1) is 9.85. The summed E-state index contributed by atoms with van der Waals surface area (Å²) in [7, 11) is 0. The molecule has 0 bridgehead atoms. The summed E-state index contributed by atoms with van der Waals surface area (Å²) in [5.74, 6) is 0.576. The quantitative estimate of drug-likeness (QED) is 0.659. The second-order valence-electron chi connectivity index (χ2n) is 3.81. The average Bonchev–Trinajstić information content (AvgIpc) is 2.31. The molecule has 1 aliphatic rings. The third-order valence-electron chi connectivity index (χ3n) is 2.07. The average molecular weight is 181 g/mol. The lowest BCUT2D eigenvalue weighted by atomic mass is 10.0. The van der Waals surface area contributed by atoms with Gasteiger partial charge in [0.15, 0.2) is 0 Å². The van der Waals surface area contributed by atoms with Gasteiger partial charge < -0.3 is 10.2 Å². The highest BCUT2D eigenvalue weighted by molar-refractivity contribution is 5.77. The van der Waals surface area contributed by atoms with Crippen LogP contribution in [0.15, 0.2) is 0 Å². The summed E-state index contributed by atoms with van der Waals surface area (Å²) < 4.78 is 0. The van der Waals surface area contributed by atoms with Crippen molar-refractivity contribution in [1.82, 2.24) is 10.2 Å². The molecule has 2 amide bonds. The van der Waals surface area contributed by atoms with E-state index in [1.165, 1.54) is 0 Å². The number of carbonyl (C=O) groups excluding carboxylic acids is 1. The zero-order valence-corrected chi connectivity index (χ0v) is 8.08. The Balaban J connectivity index is 2.41. The molecule has 4 heteroatoms. The largest absolute Gasteiger partial charge is 0.333 e. The SMILES string of the molecule is CC(C)CC1CN(CC#N)C(=O)N1. The van der Waals surface area contributed by atoms with Gasteiger partial charge in [0.2, 0.25) is 0 Å². The molecule has 0 aromatic heterocycles. The molecule has 0 spiro atoms. The number of hydrogen-bond donors (Lipinski definition) is 1. The first-order valence-electron chi connectivity index (χ1n) is 4.56. The van der Waals surface area contributed by atoms with Crippen molar-refractivity contribution in [1.29, 1.82) is 5.26 Å². The van der Waals surface area contributed by atoms with Gasteiger partial charge in [-0.2, -0.15) is 5.26 Å². The van der Waals surface area contributed by atoms with Crippen LogP contribution in [0.2, 0.25) is 0 Å². The first-order chi connectivity index (χ1) is 6.13. The molecule has 1 atom stereocenters. The van der Waals surface area contributed by atoms with E-state index >= 15 is 0 Å². The van der Waals surface area contributed by atoms with E-state index < -0.39 is 0 Å². The maximum Gasteiger partial charge on any atom is 0.318 e. The van der Waals surface area contributed by atoms with Gasteiger partial charge in [-0.3, -0.25) is 0 Å². The summed E-state index contributed by atoms with van der Waals surface area (Å²) in [6.45, 7) is 5.11. The topological polar surface area (TPSA) is 56.1 Å². The molecule has 1 aliphatic heterocycles. The Hall–Kier alpha value is -1.24. The summed E-state index contributed by atoms with van der Waals surface area (Å²) >= 11 is 0. The zero-order valence-electron chi connectivity index (χ0n) is 8.08. The highest BCUT2D eigenvalue weighted by atomic mass is 16.2. The standard InChI is InChI=1S/C9H15N3O/c1-7(2)5-8-6-12(4-3-10)9(13)11-8/h7-8H,4-6H2,1-2H3,(H,11,13). The van der Waals surface area contributed by atoms with Crippen LogP contribution in [0.3, 0.4) is 0 Å². The molecule has 0 saturated carbocycles. The number of nitriles is 1. The number of nitrogens with one attached hydrogen (secondary N) is 1. The predicted molar refractivity (Wildman–Crippen MR) is 49.0 cm³/mol. The van der Waals surface area contributed by atoms with E-state index in [9.17, 15) is 4.79 Å². The lowest BCUT2D eigenvalue weighted by Gasteiger charge is -2.11. The van der Waals surface area contributed by atoms with Crippen LogP contribution < -0.4 is 5.32 Å². The minimum absolute atomic E-state index is 0.104. The van der Waals surface area contributed by atoms with Gasteiger partial charge in [0.1, 0.15) is 6.54 Å². The van der Waals surface area contributed by atoms with Crippen molar-refractivity contribution in [3.05, 3.63) is 0 Å². The van der Waals surface area contributed by atoms with Crippen molar-refractivity contribution in [3.8, 4) is 6.07 Å². The Kier molecular flexibility index (Phi) is 3.13. The molecule has 0 aliphatic carbocycles. The molecule has 4 nitrogen and oxygen atoms in total. The molecule has 1 N–H and O–H groups in total. The summed E-state index contributed by atoms with van der Waals surface area (Å²) in [6.07, 6.45) is 0.980. The van der Waals surface area contributed by atoms with Crippen LogP contribution >= 0.6 is 0 Å². The molecule has 72 valence electrons. The normalized spacial score (nSPS) is 21.8. The van der Waals surface area contributed by atoms with Crippen molar-refractivity contribution >= 4 is 6.03 Å². The van der Waals surface area contributed by atoms with Gasteiger partial charge in [-0.05, 0) is 12.3 Å². The Morgan fingerprint density at radius 3 is 3.00 bits per heavy atom. The van der Waals surface area contributed by atoms with Crippen LogP contribution in [0.25, 0.3) is 0 Å². The van der Waals surface area contributed by atoms with E-state index in [2.05, 4.69) is 19.2 Å². The molecule has 1 saturated heterocycles. The maximum atomic E-state index is 11.2. The van der Waals surface area contributed by atoms with E-state index in [4.69, 9.17) is 5.26 Å². The third kappa shape index (κ3) is 2.62. The lowest BCUT2D eigenvalue weighted by Crippen LogP contribution is -2.29. The number of amides is 2. The first-order valence-corrected chi connectivity index (χ1v) is 4.56. The lowest BCUT2D eigenvalue weighted by molar-refractivity contribution is 0.222. The summed E-state index contributed by atoms with van der Waals surface area (Å²) in [6, 6.07) is 2.10. The van der Waals surface area contributed by atoms with E-state index in [0.717, 1.165) is 6.42 Å². The second-order valence-corrected chi connectivity index (χ2v) is 3.81. The molecule has 0 radical (unpaired) electrons. The van der Waals surface area contributed by atoms with Crippen LogP contribution in [0.1, 0.15) is 20.3 Å². The minimum Gasteiger partial charge on any atom is -0.333 e. The van der Waals surface area contributed by atoms with E-state index in [0.29, 0.717) is 12.5 Å². The van der Waals surface area contributed by atoms with Crippen molar-refractivity contribution in [2.45, 2.75) is 26.3 Å². The van der Waals surface area contributed by atoms with Gasteiger partial charge in [-0.15, -0.1) is 0 Å². The zero-order chi connectivity index (χ0) is 9.84. The number of rotatable bonds is 3. The molecule has 0 aromatic carbocycles.